The molecule has 0 atom stereocenters. The molecule has 0 bridgehead atoms. The molecule has 1 saturated carbocycles. The van der Waals surface area contributed by atoms with E-state index in [4.69, 9.17) is 0 Å². The van der Waals surface area contributed by atoms with Gasteiger partial charge in [0.1, 0.15) is 17.5 Å². The standard InChI is InChI=1S/C21H23F2N5/c1-14(2)15-4-7-25-17(8-15)26-18-9-16(20(11-24)5-3-6-20)10-19(27-18)28-12-21(22,23)13-28/h4,7-10,14H,3,5-6,12-13H2,1-2H3,(H,25,26,27). The number of nitriles is 1. The quantitative estimate of drug-likeness (QED) is 0.808. The lowest BCUT2D eigenvalue weighted by Crippen LogP contribution is -2.56. The Balaban J connectivity index is 1.68. The van der Waals surface area contributed by atoms with Gasteiger partial charge in [-0.15, -0.1) is 0 Å². The SMILES string of the molecule is CC(C)c1ccnc(Nc2cc(C3(C#N)CCC3)cc(N3CC(F)(F)C3)n2)c1. The summed E-state index contributed by atoms with van der Waals surface area (Å²) in [5.74, 6) is -0.666. The molecule has 7 heteroatoms. The number of halogens is 2. The zero-order valence-corrected chi connectivity index (χ0v) is 16.0. The van der Waals surface area contributed by atoms with Crippen LogP contribution in [-0.4, -0.2) is 29.0 Å². The average molecular weight is 383 g/mol. The van der Waals surface area contributed by atoms with Crippen molar-refractivity contribution in [3.8, 4) is 6.07 Å². The number of nitrogens with one attached hydrogen (secondary N) is 1. The van der Waals surface area contributed by atoms with Crippen molar-refractivity contribution in [3.05, 3.63) is 41.6 Å². The van der Waals surface area contributed by atoms with Gasteiger partial charge in [-0.25, -0.2) is 18.7 Å². The van der Waals surface area contributed by atoms with Crippen LogP contribution in [0, 0.1) is 11.3 Å². The molecule has 2 aromatic rings. The summed E-state index contributed by atoms with van der Waals surface area (Å²) in [5.41, 5.74) is 1.43. The maximum absolute atomic E-state index is 13.4. The monoisotopic (exact) mass is 383 g/mol. The molecule has 0 spiro atoms. The van der Waals surface area contributed by atoms with Crippen LogP contribution in [0.4, 0.5) is 26.2 Å². The Kier molecular flexibility index (Phi) is 4.45. The first-order valence-electron chi connectivity index (χ1n) is 9.60. The normalized spacial score (nSPS) is 19.5. The van der Waals surface area contributed by atoms with Crippen LogP contribution in [0.3, 0.4) is 0 Å². The fraction of sp³-hybridized carbons (Fsp3) is 0.476. The van der Waals surface area contributed by atoms with Crippen LogP contribution in [0.5, 0.6) is 0 Å². The summed E-state index contributed by atoms with van der Waals surface area (Å²) < 4.78 is 26.7. The van der Waals surface area contributed by atoms with Gasteiger partial charge < -0.3 is 10.2 Å². The highest BCUT2D eigenvalue weighted by Gasteiger charge is 2.45. The lowest BCUT2D eigenvalue weighted by molar-refractivity contribution is -0.0267. The minimum absolute atomic E-state index is 0.344. The van der Waals surface area contributed by atoms with E-state index in [-0.39, 0.29) is 13.1 Å². The molecule has 0 unspecified atom stereocenters. The number of hydrogen-bond donors (Lipinski definition) is 1. The maximum Gasteiger partial charge on any atom is 0.282 e. The number of nitrogens with zero attached hydrogens (tertiary/aromatic N) is 4. The number of alkyl halides is 2. The summed E-state index contributed by atoms with van der Waals surface area (Å²) in [6.07, 6.45) is 4.29. The van der Waals surface area contributed by atoms with E-state index in [1.807, 2.05) is 18.2 Å². The predicted octanol–water partition coefficient (Wildman–Crippen LogP) is 4.74. The molecule has 1 saturated heterocycles. The Morgan fingerprint density at radius 1 is 1.18 bits per heavy atom. The van der Waals surface area contributed by atoms with Crippen LogP contribution in [0.25, 0.3) is 0 Å². The average Bonchev–Trinajstić information content (AvgIpc) is 2.59. The van der Waals surface area contributed by atoms with Crippen molar-refractivity contribution in [2.24, 2.45) is 0 Å². The van der Waals surface area contributed by atoms with Crippen molar-refractivity contribution in [1.82, 2.24) is 9.97 Å². The first-order chi connectivity index (χ1) is 13.3. The van der Waals surface area contributed by atoms with Crippen LogP contribution < -0.4 is 10.2 Å². The van der Waals surface area contributed by atoms with Gasteiger partial charge in [0.05, 0.1) is 24.6 Å². The number of pyridine rings is 2. The molecule has 0 amide bonds. The van der Waals surface area contributed by atoms with Crippen molar-refractivity contribution >= 4 is 17.5 Å². The second kappa shape index (κ2) is 6.69. The number of aromatic nitrogens is 2. The van der Waals surface area contributed by atoms with Gasteiger partial charge in [0.15, 0.2) is 0 Å². The van der Waals surface area contributed by atoms with Crippen LogP contribution in [0.15, 0.2) is 30.5 Å². The molecular formula is C21H23F2N5. The van der Waals surface area contributed by atoms with Gasteiger partial charge in [0.25, 0.3) is 5.92 Å². The van der Waals surface area contributed by atoms with E-state index in [1.54, 1.807) is 17.2 Å². The third kappa shape index (κ3) is 3.39. The zero-order valence-electron chi connectivity index (χ0n) is 16.0. The van der Waals surface area contributed by atoms with Gasteiger partial charge in [-0.1, -0.05) is 13.8 Å². The first-order valence-corrected chi connectivity index (χ1v) is 9.60. The van der Waals surface area contributed by atoms with Gasteiger partial charge >= 0.3 is 0 Å². The summed E-state index contributed by atoms with van der Waals surface area (Å²) in [7, 11) is 0. The van der Waals surface area contributed by atoms with Gasteiger partial charge in [-0.2, -0.15) is 5.26 Å². The van der Waals surface area contributed by atoms with E-state index >= 15 is 0 Å². The minimum atomic E-state index is -2.68. The van der Waals surface area contributed by atoms with Crippen LogP contribution in [-0.2, 0) is 5.41 Å². The Bertz CT molecular complexity index is 923. The molecular weight excluding hydrogens is 360 g/mol. The summed E-state index contributed by atoms with van der Waals surface area (Å²) in [4.78, 5) is 10.4. The summed E-state index contributed by atoms with van der Waals surface area (Å²) >= 11 is 0. The lowest BCUT2D eigenvalue weighted by Gasteiger charge is -2.41. The molecule has 1 N–H and O–H groups in total. The highest BCUT2D eigenvalue weighted by molar-refractivity contribution is 5.60. The fourth-order valence-electron chi connectivity index (χ4n) is 3.69. The summed E-state index contributed by atoms with van der Waals surface area (Å²) in [6.45, 7) is 3.52. The Morgan fingerprint density at radius 3 is 2.50 bits per heavy atom. The fourth-order valence-corrected chi connectivity index (χ4v) is 3.69. The van der Waals surface area contributed by atoms with Crippen LogP contribution >= 0.6 is 0 Å². The molecule has 28 heavy (non-hydrogen) atoms. The highest BCUT2D eigenvalue weighted by Crippen LogP contribution is 2.45. The molecule has 1 aliphatic heterocycles. The summed E-state index contributed by atoms with van der Waals surface area (Å²) in [6, 6.07) is 10.00. The molecule has 3 heterocycles. The molecule has 4 rings (SSSR count). The Morgan fingerprint density at radius 2 is 1.93 bits per heavy atom. The van der Waals surface area contributed by atoms with Gasteiger partial charge in [-0.05, 0) is 60.6 Å². The first kappa shape index (κ1) is 18.6. The minimum Gasteiger partial charge on any atom is -0.344 e. The molecule has 0 aromatic carbocycles. The largest absolute Gasteiger partial charge is 0.344 e. The Labute approximate surface area is 163 Å². The van der Waals surface area contributed by atoms with E-state index in [0.717, 1.165) is 30.4 Å². The second-order valence-electron chi connectivity index (χ2n) is 8.11. The van der Waals surface area contributed by atoms with Crippen molar-refractivity contribution in [2.45, 2.75) is 50.4 Å². The number of hydrogen-bond acceptors (Lipinski definition) is 5. The molecule has 2 fully saturated rings. The lowest BCUT2D eigenvalue weighted by atomic mass is 9.65. The van der Waals surface area contributed by atoms with E-state index in [1.165, 1.54) is 0 Å². The Hall–Kier alpha value is -2.75. The topological polar surface area (TPSA) is 64.8 Å². The van der Waals surface area contributed by atoms with E-state index < -0.39 is 11.3 Å². The van der Waals surface area contributed by atoms with Gasteiger partial charge in [-0.3, -0.25) is 0 Å². The maximum atomic E-state index is 13.4. The van der Waals surface area contributed by atoms with E-state index in [2.05, 4.69) is 35.2 Å². The van der Waals surface area contributed by atoms with Crippen LogP contribution in [0.1, 0.15) is 50.2 Å². The third-order valence-corrected chi connectivity index (χ3v) is 5.66. The second-order valence-corrected chi connectivity index (χ2v) is 8.11. The van der Waals surface area contributed by atoms with Gasteiger partial charge in [0, 0.05) is 6.20 Å². The van der Waals surface area contributed by atoms with Crippen molar-refractivity contribution in [1.29, 1.82) is 5.26 Å². The van der Waals surface area contributed by atoms with E-state index in [0.29, 0.717) is 23.4 Å². The number of anilines is 3. The zero-order chi connectivity index (χ0) is 19.9. The van der Waals surface area contributed by atoms with Gasteiger partial charge in [0.2, 0.25) is 0 Å². The predicted molar refractivity (Wildman–Crippen MR) is 104 cm³/mol. The third-order valence-electron chi connectivity index (χ3n) is 5.66. The molecule has 2 aromatic heterocycles. The molecule has 0 radical (unpaired) electrons. The molecule has 146 valence electrons. The van der Waals surface area contributed by atoms with Crippen molar-refractivity contribution in [3.63, 3.8) is 0 Å². The van der Waals surface area contributed by atoms with Crippen molar-refractivity contribution < 1.29 is 8.78 Å². The van der Waals surface area contributed by atoms with Crippen molar-refractivity contribution in [2.75, 3.05) is 23.3 Å². The molecule has 2 aliphatic rings. The smallest absolute Gasteiger partial charge is 0.282 e. The highest BCUT2D eigenvalue weighted by atomic mass is 19.3. The number of rotatable bonds is 5. The molecule has 1 aliphatic carbocycles. The van der Waals surface area contributed by atoms with Crippen LogP contribution in [0.2, 0.25) is 0 Å². The molecule has 5 nitrogen and oxygen atoms in total. The summed E-state index contributed by atoms with van der Waals surface area (Å²) in [5, 5.41) is 12.9. The van der Waals surface area contributed by atoms with E-state index in [9.17, 15) is 14.0 Å².